The fourth-order valence-electron chi connectivity index (χ4n) is 2.73. The van der Waals surface area contributed by atoms with Crippen LogP contribution < -0.4 is 4.90 Å². The molecule has 1 rings (SSSR count). The fraction of sp³-hybridized carbons (Fsp3) is 0.647. The quantitative estimate of drug-likeness (QED) is 0.621. The molecule has 0 amide bonds. The van der Waals surface area contributed by atoms with Crippen LogP contribution in [-0.2, 0) is 6.42 Å². The summed E-state index contributed by atoms with van der Waals surface area (Å²) in [7, 11) is 0. The van der Waals surface area contributed by atoms with Crippen molar-refractivity contribution in [2.45, 2.75) is 65.8 Å². The highest BCUT2D eigenvalue weighted by Crippen LogP contribution is 2.23. The van der Waals surface area contributed by atoms with Crippen molar-refractivity contribution in [3.63, 3.8) is 0 Å². The average molecular weight is 247 g/mol. The maximum Gasteiger partial charge on any atom is 0.0371 e. The molecular weight excluding hydrogens is 218 g/mol. The summed E-state index contributed by atoms with van der Waals surface area (Å²) < 4.78 is 0. The van der Waals surface area contributed by atoms with Crippen molar-refractivity contribution in [1.29, 1.82) is 0 Å². The molecule has 0 aliphatic heterocycles. The molecule has 1 aromatic carbocycles. The van der Waals surface area contributed by atoms with Crippen LogP contribution >= 0.6 is 0 Å². The third-order valence-corrected chi connectivity index (χ3v) is 3.68. The maximum absolute atomic E-state index is 2.59. The van der Waals surface area contributed by atoms with E-state index >= 15 is 0 Å². The van der Waals surface area contributed by atoms with Gasteiger partial charge in [-0.05, 0) is 43.9 Å². The molecule has 0 bridgehead atoms. The van der Waals surface area contributed by atoms with Crippen LogP contribution in [0.1, 0.15) is 58.9 Å². The first kappa shape index (κ1) is 15.1. The Balaban J connectivity index is 2.90. The van der Waals surface area contributed by atoms with E-state index < -0.39 is 0 Å². The Kier molecular flexibility index (Phi) is 6.85. The van der Waals surface area contributed by atoms with E-state index in [0.29, 0.717) is 6.04 Å². The van der Waals surface area contributed by atoms with Gasteiger partial charge in [0.05, 0.1) is 0 Å². The predicted molar refractivity (Wildman–Crippen MR) is 82.4 cm³/mol. The van der Waals surface area contributed by atoms with Gasteiger partial charge in [-0.15, -0.1) is 0 Å². The standard InChI is InChI=1S/C17H29N/c1-5-10-16(11-6-2)18(8-4)17-13-9-12-15(7-3)14-17/h9,12-14,16H,5-8,10-11H2,1-4H3. The molecule has 0 heterocycles. The Hall–Kier alpha value is -0.980. The number of nitrogens with zero attached hydrogens (tertiary/aromatic N) is 1. The van der Waals surface area contributed by atoms with Gasteiger partial charge in [-0.25, -0.2) is 0 Å². The Morgan fingerprint density at radius 2 is 1.67 bits per heavy atom. The Bertz CT molecular complexity index is 326. The SMILES string of the molecule is CCCC(CCC)N(CC)c1cccc(CC)c1. The van der Waals surface area contributed by atoms with Gasteiger partial charge in [0, 0.05) is 18.3 Å². The number of hydrogen-bond donors (Lipinski definition) is 0. The molecule has 0 saturated carbocycles. The minimum atomic E-state index is 0.706. The normalized spacial score (nSPS) is 10.9. The van der Waals surface area contributed by atoms with Gasteiger partial charge in [-0.1, -0.05) is 45.7 Å². The van der Waals surface area contributed by atoms with E-state index in [-0.39, 0.29) is 0 Å². The molecule has 0 atom stereocenters. The Morgan fingerprint density at radius 1 is 1.00 bits per heavy atom. The van der Waals surface area contributed by atoms with Crippen LogP contribution in [0.25, 0.3) is 0 Å². The highest BCUT2D eigenvalue weighted by Gasteiger charge is 2.15. The third-order valence-electron chi connectivity index (χ3n) is 3.68. The molecule has 0 N–H and O–H groups in total. The van der Waals surface area contributed by atoms with Crippen molar-refractivity contribution in [2.24, 2.45) is 0 Å². The minimum absolute atomic E-state index is 0.706. The van der Waals surface area contributed by atoms with Gasteiger partial charge in [0.1, 0.15) is 0 Å². The first-order valence-electron chi connectivity index (χ1n) is 7.62. The summed E-state index contributed by atoms with van der Waals surface area (Å²) in [6.07, 6.45) is 6.27. The van der Waals surface area contributed by atoms with Gasteiger partial charge in [0.15, 0.2) is 0 Å². The van der Waals surface area contributed by atoms with Crippen molar-refractivity contribution in [2.75, 3.05) is 11.4 Å². The van der Waals surface area contributed by atoms with Crippen molar-refractivity contribution in [3.05, 3.63) is 29.8 Å². The van der Waals surface area contributed by atoms with Crippen molar-refractivity contribution >= 4 is 5.69 Å². The summed E-state index contributed by atoms with van der Waals surface area (Å²) in [5.41, 5.74) is 2.85. The van der Waals surface area contributed by atoms with Crippen LogP contribution in [0.2, 0.25) is 0 Å². The third kappa shape index (κ3) is 4.04. The maximum atomic E-state index is 2.59. The molecule has 1 aromatic rings. The zero-order valence-corrected chi connectivity index (χ0v) is 12.6. The topological polar surface area (TPSA) is 3.24 Å². The van der Waals surface area contributed by atoms with Crippen LogP contribution in [0.5, 0.6) is 0 Å². The van der Waals surface area contributed by atoms with Gasteiger partial charge in [0.2, 0.25) is 0 Å². The molecule has 0 radical (unpaired) electrons. The van der Waals surface area contributed by atoms with E-state index in [1.807, 2.05) is 0 Å². The van der Waals surface area contributed by atoms with Gasteiger partial charge < -0.3 is 4.90 Å². The Morgan fingerprint density at radius 3 is 2.17 bits per heavy atom. The summed E-state index contributed by atoms with van der Waals surface area (Å²) in [5.74, 6) is 0. The molecule has 0 aliphatic carbocycles. The molecular formula is C17H29N. The molecule has 0 spiro atoms. The molecule has 0 fully saturated rings. The van der Waals surface area contributed by atoms with E-state index in [2.05, 4.69) is 56.9 Å². The molecule has 18 heavy (non-hydrogen) atoms. The number of benzene rings is 1. The zero-order chi connectivity index (χ0) is 13.4. The summed E-state index contributed by atoms with van der Waals surface area (Å²) >= 11 is 0. The molecule has 102 valence electrons. The number of aryl methyl sites for hydroxylation is 1. The summed E-state index contributed by atoms with van der Waals surface area (Å²) in [5, 5.41) is 0. The summed E-state index contributed by atoms with van der Waals surface area (Å²) in [6.45, 7) is 10.2. The number of anilines is 1. The zero-order valence-electron chi connectivity index (χ0n) is 12.6. The highest BCUT2D eigenvalue weighted by molar-refractivity contribution is 5.49. The second kappa shape index (κ2) is 8.18. The molecule has 0 unspecified atom stereocenters. The molecule has 0 aromatic heterocycles. The van der Waals surface area contributed by atoms with Crippen LogP contribution in [0.15, 0.2) is 24.3 Å². The van der Waals surface area contributed by atoms with Gasteiger partial charge >= 0.3 is 0 Å². The van der Waals surface area contributed by atoms with E-state index in [1.165, 1.54) is 36.9 Å². The lowest BCUT2D eigenvalue weighted by molar-refractivity contribution is 0.510. The van der Waals surface area contributed by atoms with Gasteiger partial charge in [-0.2, -0.15) is 0 Å². The van der Waals surface area contributed by atoms with Gasteiger partial charge in [0.25, 0.3) is 0 Å². The first-order chi connectivity index (χ1) is 8.76. The van der Waals surface area contributed by atoms with Gasteiger partial charge in [-0.3, -0.25) is 0 Å². The second-order valence-electron chi connectivity index (χ2n) is 5.04. The lowest BCUT2D eigenvalue weighted by atomic mass is 10.0. The van der Waals surface area contributed by atoms with Crippen LogP contribution in [-0.4, -0.2) is 12.6 Å². The smallest absolute Gasteiger partial charge is 0.0371 e. The van der Waals surface area contributed by atoms with Crippen LogP contribution in [0, 0.1) is 0 Å². The first-order valence-corrected chi connectivity index (χ1v) is 7.62. The van der Waals surface area contributed by atoms with Crippen LogP contribution in [0.3, 0.4) is 0 Å². The monoisotopic (exact) mass is 247 g/mol. The van der Waals surface area contributed by atoms with Crippen molar-refractivity contribution in [1.82, 2.24) is 0 Å². The minimum Gasteiger partial charge on any atom is -0.369 e. The number of hydrogen-bond acceptors (Lipinski definition) is 1. The highest BCUT2D eigenvalue weighted by atomic mass is 15.2. The molecule has 1 heteroatoms. The largest absolute Gasteiger partial charge is 0.369 e. The molecule has 0 aliphatic rings. The van der Waals surface area contributed by atoms with E-state index in [9.17, 15) is 0 Å². The predicted octanol–water partition coefficient (Wildman–Crippen LogP) is 5.04. The van der Waals surface area contributed by atoms with Crippen molar-refractivity contribution in [3.8, 4) is 0 Å². The summed E-state index contributed by atoms with van der Waals surface area (Å²) in [4.78, 5) is 2.59. The van der Waals surface area contributed by atoms with E-state index in [1.54, 1.807) is 0 Å². The Labute approximate surface area is 113 Å². The van der Waals surface area contributed by atoms with E-state index in [4.69, 9.17) is 0 Å². The molecule has 0 saturated heterocycles. The summed E-state index contributed by atoms with van der Waals surface area (Å²) in [6, 6.07) is 9.76. The fourth-order valence-corrected chi connectivity index (χ4v) is 2.73. The lowest BCUT2D eigenvalue weighted by Crippen LogP contribution is -2.35. The molecule has 1 nitrogen and oxygen atoms in total. The van der Waals surface area contributed by atoms with E-state index in [0.717, 1.165) is 13.0 Å². The van der Waals surface area contributed by atoms with Crippen LogP contribution in [0.4, 0.5) is 5.69 Å². The lowest BCUT2D eigenvalue weighted by Gasteiger charge is -2.33. The van der Waals surface area contributed by atoms with Crippen molar-refractivity contribution < 1.29 is 0 Å². The second-order valence-corrected chi connectivity index (χ2v) is 5.04. The average Bonchev–Trinajstić information content (AvgIpc) is 2.40. The number of rotatable bonds is 8.